The van der Waals surface area contributed by atoms with E-state index in [2.05, 4.69) is 17.4 Å². The van der Waals surface area contributed by atoms with Crippen LogP contribution < -0.4 is 10.2 Å². The number of carbonyl (C=O) groups excluding carboxylic acids is 6. The van der Waals surface area contributed by atoms with Crippen LogP contribution in [0.1, 0.15) is 137 Å². The molecule has 1 aliphatic carbocycles. The molecule has 1 saturated carbocycles. The molecule has 3 heterocycles. The minimum atomic E-state index is -0.905. The fourth-order valence-corrected chi connectivity index (χ4v) is 11.4. The van der Waals surface area contributed by atoms with Crippen molar-refractivity contribution in [3.63, 3.8) is 0 Å². The number of likely N-dealkylation sites (tertiary alicyclic amines) is 1. The Bertz CT molecular complexity index is 2130. The van der Waals surface area contributed by atoms with Crippen molar-refractivity contribution in [1.29, 1.82) is 0 Å². The summed E-state index contributed by atoms with van der Waals surface area (Å²) in [5.74, 6) is -3.29. The molecule has 3 fully saturated rings. The maximum atomic E-state index is 14.7. The molecule has 0 radical (unpaired) electrons. The molecule has 18 nitrogen and oxygen atoms in total. The van der Waals surface area contributed by atoms with Gasteiger partial charge in [0.15, 0.2) is 0 Å². The highest BCUT2D eigenvalue weighted by molar-refractivity contribution is 5.90. The van der Waals surface area contributed by atoms with Gasteiger partial charge in [-0.2, -0.15) is 0 Å². The predicted molar refractivity (Wildman–Crippen MR) is 275 cm³/mol. The normalized spacial score (nSPS) is 21.8. The average molecular weight is 1020 g/mol. The number of hydrogen-bond donors (Lipinski definition) is 3. The van der Waals surface area contributed by atoms with E-state index in [1.54, 1.807) is 38.3 Å². The van der Waals surface area contributed by atoms with Gasteiger partial charge in [0.2, 0.25) is 29.5 Å². The quantitative estimate of drug-likeness (QED) is 0.0879. The lowest BCUT2D eigenvalue weighted by molar-refractivity contribution is -0.203. The Morgan fingerprint density at radius 1 is 0.863 bits per heavy atom. The van der Waals surface area contributed by atoms with Crippen molar-refractivity contribution in [2.24, 2.45) is 29.1 Å². The van der Waals surface area contributed by atoms with Crippen LogP contribution in [0.5, 0.6) is 11.8 Å². The molecule has 73 heavy (non-hydrogen) atoms. The van der Waals surface area contributed by atoms with E-state index >= 15 is 0 Å². The lowest BCUT2D eigenvalue weighted by Gasteiger charge is -2.41. The number of Topliss-reactive ketones (excluding diaryl/α,β-unsaturated/α-hetero) is 1. The van der Waals surface area contributed by atoms with E-state index in [0.717, 1.165) is 31.2 Å². The number of likely N-dealkylation sites (N-methyl/N-ethyl adjacent to an activating group) is 2. The van der Waals surface area contributed by atoms with Crippen molar-refractivity contribution < 1.29 is 58.1 Å². The Kier molecular flexibility index (Phi) is 21.7. The largest absolute Gasteiger partial charge is 0.492 e. The lowest BCUT2D eigenvalue weighted by atomic mass is 9.87. The first-order valence-corrected chi connectivity index (χ1v) is 26.7. The predicted octanol–water partition coefficient (Wildman–Crippen LogP) is 6.12. The van der Waals surface area contributed by atoms with Crippen molar-refractivity contribution in [3.05, 3.63) is 48.0 Å². The molecule has 2 aromatic rings. The highest BCUT2D eigenvalue weighted by Crippen LogP contribution is 2.63. The highest BCUT2D eigenvalue weighted by Gasteiger charge is 2.61. The van der Waals surface area contributed by atoms with E-state index in [9.17, 15) is 39.0 Å². The van der Waals surface area contributed by atoms with Crippen molar-refractivity contribution in [1.82, 2.24) is 29.8 Å². The van der Waals surface area contributed by atoms with Gasteiger partial charge >= 0.3 is 5.97 Å². The number of nitrogens with zero attached hydrogens (tertiary/aromatic N) is 5. The molecule has 18 heteroatoms. The molecule has 0 bridgehead atoms. The summed E-state index contributed by atoms with van der Waals surface area (Å²) in [6, 6.07) is 10.0. The van der Waals surface area contributed by atoms with Crippen molar-refractivity contribution in [3.8, 4) is 11.8 Å². The highest BCUT2D eigenvalue weighted by atomic mass is 16.7. The van der Waals surface area contributed by atoms with Gasteiger partial charge in [-0.1, -0.05) is 85.2 Å². The van der Waals surface area contributed by atoms with Crippen molar-refractivity contribution >= 4 is 35.4 Å². The third-order valence-corrected chi connectivity index (χ3v) is 15.8. The Morgan fingerprint density at radius 2 is 1.55 bits per heavy atom. The number of ketones is 1. The molecular formula is C55H86N6O12. The Balaban J connectivity index is 1.20. The Labute approximate surface area is 433 Å². The minimum Gasteiger partial charge on any atom is -0.492 e. The average Bonchev–Trinajstić information content (AvgIpc) is 3.75. The molecular weight excluding hydrogens is 937 g/mol. The van der Waals surface area contributed by atoms with Crippen LogP contribution in [0.4, 0.5) is 0 Å². The number of carbonyl (C=O) groups is 6. The third-order valence-electron chi connectivity index (χ3n) is 15.8. The molecule has 3 aliphatic rings. The second kappa shape index (κ2) is 27.0. The van der Waals surface area contributed by atoms with E-state index in [1.807, 2.05) is 76.5 Å². The van der Waals surface area contributed by atoms with Gasteiger partial charge in [0.25, 0.3) is 5.91 Å². The first-order valence-electron chi connectivity index (χ1n) is 26.7. The second-order valence-corrected chi connectivity index (χ2v) is 21.5. The molecule has 408 valence electrons. The summed E-state index contributed by atoms with van der Waals surface area (Å²) in [7, 11) is 6.61. The number of aromatic hydroxyl groups is 2. The number of hydroxylamine groups is 2. The monoisotopic (exact) mass is 1020 g/mol. The number of methoxy groups -OCH3 is 2. The fourth-order valence-electron chi connectivity index (χ4n) is 11.4. The molecule has 0 spiro atoms. The molecule has 1 aromatic carbocycles. The lowest BCUT2D eigenvalue weighted by Crippen LogP contribution is -2.60. The van der Waals surface area contributed by atoms with Gasteiger partial charge in [0, 0.05) is 65.2 Å². The van der Waals surface area contributed by atoms with Gasteiger partial charge in [-0.15, -0.1) is 4.73 Å². The summed E-state index contributed by atoms with van der Waals surface area (Å²) in [5, 5.41) is 24.2. The van der Waals surface area contributed by atoms with Crippen LogP contribution in [-0.2, 0) is 43.1 Å². The van der Waals surface area contributed by atoms with Crippen LogP contribution in [0.25, 0.3) is 0 Å². The van der Waals surface area contributed by atoms with Gasteiger partial charge in [-0.05, 0) is 94.2 Å². The number of ether oxygens (including phenoxy) is 2. The van der Waals surface area contributed by atoms with Crippen LogP contribution in [0.2, 0.25) is 0 Å². The Morgan fingerprint density at radius 3 is 2.14 bits per heavy atom. The summed E-state index contributed by atoms with van der Waals surface area (Å²) in [6.45, 7) is 15.4. The van der Waals surface area contributed by atoms with Gasteiger partial charge in [-0.25, -0.2) is 9.86 Å². The molecule has 1 aromatic heterocycles. The first kappa shape index (κ1) is 58.8. The molecule has 2 aliphatic heterocycles. The van der Waals surface area contributed by atoms with Gasteiger partial charge in [0.05, 0.1) is 48.8 Å². The van der Waals surface area contributed by atoms with E-state index in [0.29, 0.717) is 63.1 Å². The number of rotatable bonds is 28. The topological polar surface area (TPSA) is 210 Å². The zero-order chi connectivity index (χ0) is 53.7. The molecule has 2 saturated heterocycles. The van der Waals surface area contributed by atoms with Crippen LogP contribution in [0.15, 0.2) is 42.5 Å². The van der Waals surface area contributed by atoms with Crippen LogP contribution in [-0.4, -0.2) is 161 Å². The second-order valence-electron chi connectivity index (χ2n) is 21.5. The van der Waals surface area contributed by atoms with Crippen LogP contribution in [0, 0.1) is 29.1 Å². The number of nitrogens with one attached hydrogen (secondary N) is 1. The maximum absolute atomic E-state index is 14.7. The van der Waals surface area contributed by atoms with Gasteiger partial charge < -0.3 is 39.6 Å². The summed E-state index contributed by atoms with van der Waals surface area (Å²) in [4.78, 5) is 100. The van der Waals surface area contributed by atoms with E-state index in [1.165, 1.54) is 12.1 Å². The van der Waals surface area contributed by atoms with Gasteiger partial charge in [-0.3, -0.25) is 33.7 Å². The standard InChI is InChI=1S/C55H86N6O12/c1-12-37(6)50(58(9)53(68)48(35(2)3)56-52(67)49(36(4)5)57(8)29-20-25-47(66)73-61-44(63)26-27-45(61)64)43(70-10)33-46(65)59-30-19-23-41(59)51(71-11)38(7)42(62)24-18-28-55(54(69)60-31-16-17-32-72-60)34-40(55)39-21-14-13-15-22-39/h13-15,21-22,26-27,35-38,40-41,43,48-51,63-64H,12,16-20,23-25,28-34H2,1-11H3,(H,56,67). The number of benzene rings is 1. The smallest absolute Gasteiger partial charge is 0.333 e. The molecule has 3 N–H and O–H groups in total. The fraction of sp³-hybridized carbons (Fsp3) is 0.709. The van der Waals surface area contributed by atoms with Crippen molar-refractivity contribution in [2.75, 3.05) is 54.6 Å². The number of aromatic nitrogens is 1. The van der Waals surface area contributed by atoms with Crippen LogP contribution >= 0.6 is 0 Å². The van der Waals surface area contributed by atoms with Crippen LogP contribution in [0.3, 0.4) is 0 Å². The first-order chi connectivity index (χ1) is 34.7. The third kappa shape index (κ3) is 14.4. The number of hydrogen-bond acceptors (Lipinski definition) is 13. The summed E-state index contributed by atoms with van der Waals surface area (Å²) >= 11 is 0. The Hall–Kier alpha value is -5.04. The summed E-state index contributed by atoms with van der Waals surface area (Å²) < 4.78 is 12.8. The SMILES string of the molecule is CCC(C)C(C(CC(=O)N1CCCC1C(OC)C(C)C(=O)CCCC1(C(=O)N2CCCCO2)CC1c1ccccc1)OC)N(C)C(=O)C(NC(=O)C(C(C)C)N(C)CCCC(=O)On1c(O)ccc1O)C(C)C. The van der Waals surface area contributed by atoms with Crippen molar-refractivity contribution in [2.45, 2.75) is 168 Å². The summed E-state index contributed by atoms with van der Waals surface area (Å²) in [5.41, 5.74) is 0.520. The van der Waals surface area contributed by atoms with E-state index < -0.39 is 59.4 Å². The zero-order valence-electron chi connectivity index (χ0n) is 45.4. The van der Waals surface area contributed by atoms with E-state index in [-0.39, 0.29) is 78.4 Å². The molecule has 5 rings (SSSR count). The zero-order valence-corrected chi connectivity index (χ0v) is 45.4. The maximum Gasteiger partial charge on any atom is 0.333 e. The van der Waals surface area contributed by atoms with E-state index in [4.69, 9.17) is 19.1 Å². The molecule has 10 unspecified atom stereocenters. The summed E-state index contributed by atoms with van der Waals surface area (Å²) in [6.07, 6.45) is 5.04. The number of amides is 4. The molecule has 10 atom stereocenters. The van der Waals surface area contributed by atoms with Gasteiger partial charge in [0.1, 0.15) is 11.8 Å². The molecule has 4 amide bonds. The minimum absolute atomic E-state index is 0.0102.